The first kappa shape index (κ1) is 15.9. The third-order valence-electron chi connectivity index (χ3n) is 3.10. The van der Waals surface area contributed by atoms with Crippen LogP contribution in [0.3, 0.4) is 0 Å². The Kier molecular flexibility index (Phi) is 4.70. The first-order valence-electron chi connectivity index (χ1n) is 6.28. The van der Waals surface area contributed by atoms with E-state index in [2.05, 4.69) is 15.2 Å². The van der Waals surface area contributed by atoms with Gasteiger partial charge in [0.2, 0.25) is 5.91 Å². The molecule has 0 radical (unpaired) electrons. The highest BCUT2D eigenvalue weighted by Crippen LogP contribution is 2.13. The number of methoxy groups -OCH3 is 1. The number of esters is 1. The maximum atomic E-state index is 11.8. The van der Waals surface area contributed by atoms with Gasteiger partial charge in [0.25, 0.3) is 0 Å². The number of rotatable bonds is 4. The van der Waals surface area contributed by atoms with Crippen LogP contribution in [0.4, 0.5) is 0 Å². The third-order valence-corrected chi connectivity index (χ3v) is 3.10. The van der Waals surface area contributed by atoms with Crippen LogP contribution in [-0.2, 0) is 21.4 Å². The van der Waals surface area contributed by atoms with Gasteiger partial charge in [0.05, 0.1) is 12.8 Å². The number of aryl methyl sites for hydroxylation is 2. The summed E-state index contributed by atoms with van der Waals surface area (Å²) < 4.78 is 6.38. The lowest BCUT2D eigenvalue weighted by Crippen LogP contribution is -2.49. The van der Waals surface area contributed by atoms with E-state index in [9.17, 15) is 9.59 Å². The van der Waals surface area contributed by atoms with Crippen molar-refractivity contribution < 1.29 is 14.3 Å². The molecule has 0 atom stereocenters. The minimum Gasteiger partial charge on any atom is -0.467 e. The Morgan fingerprint density at radius 1 is 1.35 bits per heavy atom. The second-order valence-electron chi connectivity index (χ2n) is 5.15. The van der Waals surface area contributed by atoms with Crippen molar-refractivity contribution in [2.24, 2.45) is 7.05 Å². The zero-order valence-corrected chi connectivity index (χ0v) is 12.8. The summed E-state index contributed by atoms with van der Waals surface area (Å²) in [5, 5.41) is 6.86. The lowest BCUT2D eigenvalue weighted by molar-refractivity contribution is -0.148. The minimum absolute atomic E-state index is 0.358. The molecule has 0 aliphatic rings. The molecule has 1 aromatic heterocycles. The zero-order valence-electron chi connectivity index (χ0n) is 12.8. The van der Waals surface area contributed by atoms with Crippen molar-refractivity contribution in [3.05, 3.63) is 23.0 Å². The molecule has 1 N–H and O–H groups in total. The van der Waals surface area contributed by atoms with Gasteiger partial charge >= 0.3 is 5.97 Å². The molecule has 0 saturated carbocycles. The van der Waals surface area contributed by atoms with Crippen LogP contribution in [-0.4, -0.2) is 34.3 Å². The van der Waals surface area contributed by atoms with Crippen molar-refractivity contribution in [2.75, 3.05) is 7.11 Å². The molecule has 0 aliphatic carbocycles. The molecule has 6 nitrogen and oxygen atoms in total. The van der Waals surface area contributed by atoms with Crippen LogP contribution in [0.15, 0.2) is 6.08 Å². The van der Waals surface area contributed by atoms with Crippen LogP contribution < -0.4 is 5.32 Å². The lowest BCUT2D eigenvalue weighted by atomic mass is 10.1. The third kappa shape index (κ3) is 3.46. The summed E-state index contributed by atoms with van der Waals surface area (Å²) in [6, 6.07) is 0. The molecule has 0 aliphatic heterocycles. The molecule has 0 unspecified atom stereocenters. The van der Waals surface area contributed by atoms with Gasteiger partial charge in [-0.15, -0.1) is 0 Å². The van der Waals surface area contributed by atoms with E-state index in [1.807, 2.05) is 20.9 Å². The molecular weight excluding hydrogens is 258 g/mol. The highest BCUT2D eigenvalue weighted by Gasteiger charge is 2.29. The number of nitrogens with zero attached hydrogens (tertiary/aromatic N) is 2. The molecule has 0 spiro atoms. The van der Waals surface area contributed by atoms with E-state index < -0.39 is 11.5 Å². The molecule has 0 aromatic carbocycles. The van der Waals surface area contributed by atoms with E-state index in [0.29, 0.717) is 0 Å². The van der Waals surface area contributed by atoms with E-state index in [1.165, 1.54) is 13.2 Å². The van der Waals surface area contributed by atoms with Gasteiger partial charge in [-0.2, -0.15) is 5.10 Å². The summed E-state index contributed by atoms with van der Waals surface area (Å²) >= 11 is 0. The van der Waals surface area contributed by atoms with Gasteiger partial charge in [0.1, 0.15) is 5.54 Å². The summed E-state index contributed by atoms with van der Waals surface area (Å²) in [5.74, 6) is -0.851. The molecule has 6 heteroatoms. The van der Waals surface area contributed by atoms with Crippen molar-refractivity contribution in [1.29, 1.82) is 0 Å². The first-order valence-corrected chi connectivity index (χ1v) is 6.28. The van der Waals surface area contributed by atoms with E-state index in [-0.39, 0.29) is 5.91 Å². The van der Waals surface area contributed by atoms with Crippen molar-refractivity contribution in [1.82, 2.24) is 15.1 Å². The van der Waals surface area contributed by atoms with Gasteiger partial charge in [-0.25, -0.2) is 4.79 Å². The van der Waals surface area contributed by atoms with Crippen LogP contribution >= 0.6 is 0 Å². The van der Waals surface area contributed by atoms with Crippen molar-refractivity contribution in [2.45, 2.75) is 33.2 Å². The van der Waals surface area contributed by atoms with E-state index in [4.69, 9.17) is 0 Å². The summed E-state index contributed by atoms with van der Waals surface area (Å²) in [6.45, 7) is 6.98. The van der Waals surface area contributed by atoms with Crippen LogP contribution in [0, 0.1) is 13.8 Å². The maximum Gasteiger partial charge on any atom is 0.330 e. The molecule has 0 bridgehead atoms. The second kappa shape index (κ2) is 5.90. The van der Waals surface area contributed by atoms with E-state index in [1.54, 1.807) is 24.6 Å². The van der Waals surface area contributed by atoms with Gasteiger partial charge < -0.3 is 10.1 Å². The van der Waals surface area contributed by atoms with Gasteiger partial charge in [0, 0.05) is 24.4 Å². The largest absolute Gasteiger partial charge is 0.467 e. The Hall–Kier alpha value is -2.11. The molecule has 1 amide bonds. The van der Waals surface area contributed by atoms with Gasteiger partial charge in [-0.05, 0) is 33.8 Å². The van der Waals surface area contributed by atoms with E-state index in [0.717, 1.165) is 17.0 Å². The predicted octanol–water partition coefficient (Wildman–Crippen LogP) is 1.12. The molecule has 1 aromatic rings. The van der Waals surface area contributed by atoms with Gasteiger partial charge in [-0.3, -0.25) is 9.48 Å². The molecule has 20 heavy (non-hydrogen) atoms. The number of carbonyl (C=O) groups excluding carboxylic acids is 2. The molecular formula is C14H21N3O3. The number of ether oxygens (including phenoxy) is 1. The van der Waals surface area contributed by atoms with Crippen LogP contribution in [0.1, 0.15) is 30.8 Å². The minimum atomic E-state index is -1.06. The standard InChI is InChI=1S/C14H21N3O3/c1-9-11(10(2)17(5)16-9)7-8-12(18)15-14(3,4)13(19)20-6/h7-8H,1-6H3,(H,15,18). The number of hydrogen-bond acceptors (Lipinski definition) is 4. The van der Waals surface area contributed by atoms with Crippen LogP contribution in [0.5, 0.6) is 0 Å². The average Bonchev–Trinajstić information content (AvgIpc) is 2.59. The van der Waals surface area contributed by atoms with E-state index >= 15 is 0 Å². The second-order valence-corrected chi connectivity index (χ2v) is 5.15. The summed E-state index contributed by atoms with van der Waals surface area (Å²) in [4.78, 5) is 23.3. The molecule has 1 heterocycles. The zero-order chi connectivity index (χ0) is 15.5. The Morgan fingerprint density at radius 3 is 2.40 bits per heavy atom. The van der Waals surface area contributed by atoms with Crippen LogP contribution in [0.2, 0.25) is 0 Å². The topological polar surface area (TPSA) is 73.2 Å². The lowest BCUT2D eigenvalue weighted by Gasteiger charge is -2.22. The van der Waals surface area contributed by atoms with Crippen molar-refractivity contribution in [3.8, 4) is 0 Å². The number of carbonyl (C=O) groups is 2. The fourth-order valence-corrected chi connectivity index (χ4v) is 1.85. The Labute approximate surface area is 118 Å². The summed E-state index contributed by atoms with van der Waals surface area (Å²) in [5.41, 5.74) is 1.66. The highest BCUT2D eigenvalue weighted by molar-refractivity contribution is 5.96. The highest BCUT2D eigenvalue weighted by atomic mass is 16.5. The predicted molar refractivity (Wildman–Crippen MR) is 76.0 cm³/mol. The average molecular weight is 279 g/mol. The normalized spacial score (nSPS) is 11.7. The van der Waals surface area contributed by atoms with Gasteiger partial charge in [-0.1, -0.05) is 0 Å². The maximum absolute atomic E-state index is 11.8. The van der Waals surface area contributed by atoms with Gasteiger partial charge in [0.15, 0.2) is 0 Å². The van der Waals surface area contributed by atoms with Crippen molar-refractivity contribution in [3.63, 3.8) is 0 Å². The molecule has 0 saturated heterocycles. The Balaban J connectivity index is 2.81. The summed E-state index contributed by atoms with van der Waals surface area (Å²) in [6.07, 6.45) is 3.09. The number of aromatic nitrogens is 2. The fraction of sp³-hybridized carbons (Fsp3) is 0.500. The summed E-state index contributed by atoms with van der Waals surface area (Å²) in [7, 11) is 3.13. The monoisotopic (exact) mass is 279 g/mol. The van der Waals surface area contributed by atoms with Crippen molar-refractivity contribution >= 4 is 18.0 Å². The smallest absolute Gasteiger partial charge is 0.330 e. The number of nitrogens with one attached hydrogen (secondary N) is 1. The first-order chi connectivity index (χ1) is 9.19. The fourth-order valence-electron chi connectivity index (χ4n) is 1.85. The Bertz CT molecular complexity index is 556. The van der Waals surface area contributed by atoms with Crippen LogP contribution in [0.25, 0.3) is 6.08 Å². The quantitative estimate of drug-likeness (QED) is 0.662. The number of amides is 1. The molecule has 0 fully saturated rings. The molecule has 110 valence electrons. The SMILES string of the molecule is COC(=O)C(C)(C)NC(=O)C=Cc1c(C)nn(C)c1C. The Morgan fingerprint density at radius 2 is 1.95 bits per heavy atom. The molecule has 1 rings (SSSR count). The number of hydrogen-bond donors (Lipinski definition) is 1.